The summed E-state index contributed by atoms with van der Waals surface area (Å²) in [6.07, 6.45) is 1.83. The van der Waals surface area contributed by atoms with E-state index in [2.05, 4.69) is 17.2 Å². The maximum atomic E-state index is 9.06. The fraction of sp³-hybridized carbons (Fsp3) is 0.357. The molecule has 1 aromatic carbocycles. The van der Waals surface area contributed by atoms with Crippen LogP contribution in [0.4, 0.5) is 11.4 Å². The van der Waals surface area contributed by atoms with Crippen molar-refractivity contribution in [2.45, 2.75) is 13.8 Å². The van der Waals surface area contributed by atoms with Crippen LogP contribution in [0.2, 0.25) is 0 Å². The van der Waals surface area contributed by atoms with Crippen LogP contribution in [0.25, 0.3) is 0 Å². The van der Waals surface area contributed by atoms with Crippen molar-refractivity contribution in [3.8, 4) is 5.75 Å². The van der Waals surface area contributed by atoms with Crippen LogP contribution in [0.1, 0.15) is 13.8 Å². The lowest BCUT2D eigenvalue weighted by atomic mass is 10.2. The Morgan fingerprint density at radius 1 is 1.22 bits per heavy atom. The number of benzene rings is 1. The van der Waals surface area contributed by atoms with Crippen molar-refractivity contribution in [1.29, 1.82) is 0 Å². The number of hydrogen-bond donors (Lipinski definition) is 2. The lowest BCUT2D eigenvalue weighted by molar-refractivity contribution is -0.104. The zero-order valence-corrected chi connectivity index (χ0v) is 11.9. The number of rotatable bonds is 4. The zero-order valence-electron chi connectivity index (χ0n) is 11.9. The van der Waals surface area contributed by atoms with Gasteiger partial charge in [-0.25, -0.2) is 0 Å². The van der Waals surface area contributed by atoms with Crippen molar-refractivity contribution in [2.75, 3.05) is 31.8 Å². The molecule has 0 spiro atoms. The Labute approximate surface area is 110 Å². The van der Waals surface area contributed by atoms with Crippen molar-refractivity contribution < 1.29 is 9.53 Å². The van der Waals surface area contributed by atoms with Gasteiger partial charge >= 0.3 is 0 Å². The number of nitrogens with one attached hydrogen (secondary N) is 2. The smallest absolute Gasteiger partial charge is 0.142 e. The number of carbonyl (C=O) groups excluding carboxylic acids is 1. The van der Waals surface area contributed by atoms with Crippen molar-refractivity contribution in [1.82, 2.24) is 0 Å². The molecule has 4 nitrogen and oxygen atoms in total. The molecule has 18 heavy (non-hydrogen) atoms. The molecule has 0 saturated heterocycles. The Balaban J connectivity index is 0. The summed E-state index contributed by atoms with van der Waals surface area (Å²) < 4.78 is 5.15. The molecule has 0 bridgehead atoms. The summed E-state index contributed by atoms with van der Waals surface area (Å²) in [4.78, 5) is 9.06. The molecule has 0 amide bonds. The van der Waals surface area contributed by atoms with Crippen LogP contribution in [0.5, 0.6) is 5.75 Å². The van der Waals surface area contributed by atoms with Gasteiger partial charge < -0.3 is 15.4 Å². The molecule has 0 aliphatic heterocycles. The maximum Gasteiger partial charge on any atom is 0.142 e. The van der Waals surface area contributed by atoms with Gasteiger partial charge in [-0.05, 0) is 24.3 Å². The summed E-state index contributed by atoms with van der Waals surface area (Å²) in [5.41, 5.74) is 2.06. The SMILES string of the molecule is C=CC=O.CC.CNc1ccc(OC)c(NC)c1. The molecule has 0 fully saturated rings. The maximum absolute atomic E-state index is 9.06. The Morgan fingerprint density at radius 2 is 1.78 bits per heavy atom. The number of methoxy groups -OCH3 is 1. The molecule has 1 aromatic rings. The first-order valence-electron chi connectivity index (χ1n) is 5.83. The van der Waals surface area contributed by atoms with E-state index >= 15 is 0 Å². The standard InChI is InChI=1S/C9H14N2O.C3H4O.C2H6/c1-10-7-4-5-9(12-3)8(6-7)11-2;1-2-3-4;1-2/h4-6,10-11H,1-3H3;2-3H,1H2;1-2H3. The molecule has 0 aliphatic carbocycles. The monoisotopic (exact) mass is 252 g/mol. The van der Waals surface area contributed by atoms with E-state index in [4.69, 9.17) is 9.53 Å². The number of hydrogen-bond acceptors (Lipinski definition) is 4. The first kappa shape index (κ1) is 18.4. The Kier molecular flexibility index (Phi) is 13.4. The molecule has 0 aliphatic rings. The number of ether oxygens (including phenoxy) is 1. The normalized spacial score (nSPS) is 7.61. The largest absolute Gasteiger partial charge is 0.495 e. The molecule has 0 atom stereocenters. The van der Waals surface area contributed by atoms with E-state index in [9.17, 15) is 0 Å². The Bertz CT molecular complexity index is 333. The van der Waals surface area contributed by atoms with Gasteiger partial charge in [0.05, 0.1) is 12.8 Å². The van der Waals surface area contributed by atoms with E-state index in [0.717, 1.165) is 17.1 Å². The van der Waals surface area contributed by atoms with Crippen molar-refractivity contribution in [2.24, 2.45) is 0 Å². The third-order valence-electron chi connectivity index (χ3n) is 1.85. The van der Waals surface area contributed by atoms with Crippen LogP contribution in [0, 0.1) is 0 Å². The average Bonchev–Trinajstić information content (AvgIpc) is 2.48. The van der Waals surface area contributed by atoms with Gasteiger partial charge in [0.1, 0.15) is 12.0 Å². The lowest BCUT2D eigenvalue weighted by Crippen LogP contribution is -1.95. The van der Waals surface area contributed by atoms with Crippen LogP contribution in [-0.4, -0.2) is 27.5 Å². The first-order valence-corrected chi connectivity index (χ1v) is 5.83. The Hall–Kier alpha value is -1.97. The molecular formula is C14H24N2O2. The molecule has 4 heteroatoms. The van der Waals surface area contributed by atoms with Crippen molar-refractivity contribution in [3.63, 3.8) is 0 Å². The van der Waals surface area contributed by atoms with E-state index in [1.165, 1.54) is 6.08 Å². The van der Waals surface area contributed by atoms with Gasteiger partial charge in [0, 0.05) is 19.8 Å². The summed E-state index contributed by atoms with van der Waals surface area (Å²) in [6.45, 7) is 7.11. The zero-order chi connectivity index (χ0) is 14.4. The topological polar surface area (TPSA) is 50.4 Å². The van der Waals surface area contributed by atoms with Crippen LogP contribution < -0.4 is 15.4 Å². The predicted octanol–water partition coefficient (Wildman–Crippen LogP) is 3.18. The lowest BCUT2D eigenvalue weighted by Gasteiger charge is -2.09. The highest BCUT2D eigenvalue weighted by Gasteiger charge is 2.00. The second-order valence-electron chi connectivity index (χ2n) is 2.79. The fourth-order valence-corrected chi connectivity index (χ4v) is 1.06. The van der Waals surface area contributed by atoms with Crippen LogP contribution in [0.3, 0.4) is 0 Å². The minimum absolute atomic E-state index is 0.639. The summed E-state index contributed by atoms with van der Waals surface area (Å²) in [6, 6.07) is 5.90. The van der Waals surface area contributed by atoms with Gasteiger partial charge in [0.2, 0.25) is 0 Å². The van der Waals surface area contributed by atoms with E-state index in [0.29, 0.717) is 6.29 Å². The van der Waals surface area contributed by atoms with Crippen molar-refractivity contribution >= 4 is 17.7 Å². The number of allylic oxidation sites excluding steroid dienone is 1. The van der Waals surface area contributed by atoms with Gasteiger partial charge in [-0.1, -0.05) is 20.4 Å². The van der Waals surface area contributed by atoms with E-state index in [1.807, 2.05) is 46.1 Å². The molecule has 1 rings (SSSR count). The molecular weight excluding hydrogens is 228 g/mol. The van der Waals surface area contributed by atoms with E-state index in [1.54, 1.807) is 7.11 Å². The minimum atomic E-state index is 0.639. The minimum Gasteiger partial charge on any atom is -0.495 e. The number of aldehydes is 1. The molecule has 2 N–H and O–H groups in total. The fourth-order valence-electron chi connectivity index (χ4n) is 1.06. The number of carbonyl (C=O) groups is 1. The quantitative estimate of drug-likeness (QED) is 0.638. The van der Waals surface area contributed by atoms with Crippen LogP contribution in [-0.2, 0) is 4.79 Å². The molecule has 0 unspecified atom stereocenters. The molecule has 0 heterocycles. The summed E-state index contributed by atoms with van der Waals surface area (Å²) in [7, 11) is 5.42. The second-order valence-corrected chi connectivity index (χ2v) is 2.79. The third-order valence-corrected chi connectivity index (χ3v) is 1.85. The molecule has 0 saturated carbocycles. The van der Waals surface area contributed by atoms with Gasteiger partial charge in [-0.3, -0.25) is 4.79 Å². The average molecular weight is 252 g/mol. The van der Waals surface area contributed by atoms with E-state index in [-0.39, 0.29) is 0 Å². The highest BCUT2D eigenvalue weighted by atomic mass is 16.5. The van der Waals surface area contributed by atoms with E-state index < -0.39 is 0 Å². The molecule has 0 aromatic heterocycles. The first-order chi connectivity index (χ1) is 8.73. The predicted molar refractivity (Wildman–Crippen MR) is 79.7 cm³/mol. The molecule has 102 valence electrons. The van der Waals surface area contributed by atoms with Crippen molar-refractivity contribution in [3.05, 3.63) is 30.9 Å². The van der Waals surface area contributed by atoms with Gasteiger partial charge in [-0.2, -0.15) is 0 Å². The van der Waals surface area contributed by atoms with Gasteiger partial charge in [-0.15, -0.1) is 0 Å². The van der Waals surface area contributed by atoms with Gasteiger partial charge in [0.25, 0.3) is 0 Å². The number of anilines is 2. The van der Waals surface area contributed by atoms with Crippen LogP contribution in [0.15, 0.2) is 30.9 Å². The summed E-state index contributed by atoms with van der Waals surface area (Å²) >= 11 is 0. The highest BCUT2D eigenvalue weighted by Crippen LogP contribution is 2.26. The molecule has 0 radical (unpaired) electrons. The third kappa shape index (κ3) is 7.33. The summed E-state index contributed by atoms with van der Waals surface area (Å²) in [5.74, 6) is 0.858. The van der Waals surface area contributed by atoms with Gasteiger partial charge in [0.15, 0.2) is 0 Å². The Morgan fingerprint density at radius 3 is 2.11 bits per heavy atom. The second kappa shape index (κ2) is 13.1. The highest BCUT2D eigenvalue weighted by molar-refractivity contribution is 5.64. The summed E-state index contributed by atoms with van der Waals surface area (Å²) in [5, 5.41) is 6.11. The van der Waals surface area contributed by atoms with Crippen LogP contribution >= 0.6 is 0 Å².